The maximum atomic E-state index is 14.6. The lowest BCUT2D eigenvalue weighted by molar-refractivity contribution is -0.0501. The second kappa shape index (κ2) is 23.6. The number of nitrogens with two attached hydrogens (primary N) is 1. The largest absolute Gasteiger partial charge is 0.457 e. The van der Waals surface area contributed by atoms with Gasteiger partial charge in [-0.25, -0.2) is 23.4 Å². The number of aromatic amines is 1. The van der Waals surface area contributed by atoms with Gasteiger partial charge in [-0.05, 0) is 85.3 Å². The van der Waals surface area contributed by atoms with Crippen molar-refractivity contribution in [3.63, 3.8) is 0 Å². The van der Waals surface area contributed by atoms with E-state index in [-0.39, 0.29) is 80.1 Å². The molecule has 0 atom stereocenters. The Bertz CT molecular complexity index is 3700. The molecule has 0 fully saturated rings. The van der Waals surface area contributed by atoms with Gasteiger partial charge in [0.15, 0.2) is 22.9 Å². The zero-order valence-electron chi connectivity index (χ0n) is 40.7. The molecule has 394 valence electrons. The molecule has 2 amide bonds. The maximum Gasteiger partial charge on any atom is 0.387 e. The fourth-order valence-electron chi connectivity index (χ4n) is 7.83. The number of benzene rings is 4. The van der Waals surface area contributed by atoms with Gasteiger partial charge in [0.25, 0.3) is 11.8 Å². The third-order valence-electron chi connectivity index (χ3n) is 11.3. The van der Waals surface area contributed by atoms with E-state index in [4.69, 9.17) is 19.9 Å². The molecule has 6 heterocycles. The molecule has 0 aliphatic heterocycles. The number of anilines is 2. The number of hydrogen-bond acceptors (Lipinski definition) is 14. The molecule has 0 saturated heterocycles. The Morgan fingerprint density at radius 2 is 1.32 bits per heavy atom. The molecule has 0 radical (unpaired) electrons. The molecule has 0 bridgehead atoms. The number of H-pyrrole nitrogens is 1. The number of alkyl halides is 4. The average molecular weight is 1060 g/mol. The minimum Gasteiger partial charge on any atom is -0.457 e. The van der Waals surface area contributed by atoms with Crippen LogP contribution >= 0.6 is 0 Å². The minimum atomic E-state index is -3.13. The predicted molar refractivity (Wildman–Crippen MR) is 271 cm³/mol. The summed E-state index contributed by atoms with van der Waals surface area (Å²) in [6.07, 6.45) is 13.0. The normalized spacial score (nSPS) is 11.2. The van der Waals surface area contributed by atoms with E-state index in [9.17, 15) is 31.5 Å². The number of aryl methyl sites for hydroxylation is 1. The molecular weight excluding hydrogens is 1010 g/mol. The lowest BCUT2D eigenvalue weighted by Crippen LogP contribution is -2.13. The molecule has 0 aliphatic carbocycles. The fraction of sp³-hybridized carbons (Fsp3) is 0.154. The van der Waals surface area contributed by atoms with Crippen molar-refractivity contribution < 1.29 is 50.5 Å². The molecule has 0 saturated carbocycles. The number of carbonyl (C=O) groups is 2. The maximum absolute atomic E-state index is 14.6. The van der Waals surface area contributed by atoms with Crippen LogP contribution in [0.25, 0.3) is 33.8 Å². The number of hydrogen-bond donors (Lipinski definition) is 5. The number of rotatable bonds is 19. The Balaban J connectivity index is 0.000000188. The molecule has 0 spiro atoms. The molecule has 0 unspecified atom stereocenters. The molecule has 6 aromatic heterocycles. The predicted octanol–water partition coefficient (Wildman–Crippen LogP) is 9.64. The zero-order valence-corrected chi connectivity index (χ0v) is 40.7. The van der Waals surface area contributed by atoms with Crippen LogP contribution in [0.3, 0.4) is 0 Å². The van der Waals surface area contributed by atoms with Gasteiger partial charge in [0.1, 0.15) is 45.6 Å². The van der Waals surface area contributed by atoms with Crippen molar-refractivity contribution in [2.75, 3.05) is 17.2 Å². The van der Waals surface area contributed by atoms with Gasteiger partial charge in [-0.3, -0.25) is 19.4 Å². The first-order valence-corrected chi connectivity index (χ1v) is 23.4. The highest BCUT2D eigenvalue weighted by Gasteiger charge is 2.24. The summed E-state index contributed by atoms with van der Waals surface area (Å²) in [5.41, 5.74) is 9.07. The van der Waals surface area contributed by atoms with Crippen molar-refractivity contribution in [1.29, 1.82) is 0 Å². The van der Waals surface area contributed by atoms with E-state index in [1.54, 1.807) is 56.1 Å². The third kappa shape index (κ3) is 12.3. The van der Waals surface area contributed by atoms with Crippen molar-refractivity contribution in [3.05, 3.63) is 169 Å². The van der Waals surface area contributed by atoms with Gasteiger partial charge in [0.2, 0.25) is 0 Å². The summed E-state index contributed by atoms with van der Waals surface area (Å²) < 4.78 is 93.1. The Hall–Kier alpha value is -9.75. The third-order valence-corrected chi connectivity index (χ3v) is 11.3. The first-order valence-electron chi connectivity index (χ1n) is 23.4. The first-order chi connectivity index (χ1) is 37.3. The molecule has 77 heavy (non-hydrogen) atoms. The Morgan fingerprint density at radius 3 is 1.97 bits per heavy atom. The number of nitrogens with one attached hydrogen (secondary N) is 4. The van der Waals surface area contributed by atoms with Crippen LogP contribution in [-0.4, -0.2) is 80.8 Å². The molecule has 20 nitrogen and oxygen atoms in total. The summed E-state index contributed by atoms with van der Waals surface area (Å²) >= 11 is 0. The number of nitrogens with zero attached hydrogens (tertiary/aromatic N) is 9. The Labute approximate surface area is 433 Å². The summed E-state index contributed by atoms with van der Waals surface area (Å²) in [5, 5.41) is 28.1. The van der Waals surface area contributed by atoms with Gasteiger partial charge in [-0.2, -0.15) is 38.0 Å². The van der Waals surface area contributed by atoms with Gasteiger partial charge in [0, 0.05) is 62.2 Å². The van der Waals surface area contributed by atoms with E-state index in [0.29, 0.717) is 29.3 Å². The Morgan fingerprint density at radius 1 is 0.714 bits per heavy atom. The van der Waals surface area contributed by atoms with Crippen molar-refractivity contribution >= 4 is 34.5 Å². The highest BCUT2D eigenvalue weighted by Crippen LogP contribution is 2.41. The van der Waals surface area contributed by atoms with Crippen LogP contribution in [0.2, 0.25) is 0 Å². The van der Waals surface area contributed by atoms with Crippen molar-refractivity contribution in [2.45, 2.75) is 39.7 Å². The first kappa shape index (κ1) is 52.1. The van der Waals surface area contributed by atoms with Gasteiger partial charge >= 0.3 is 13.2 Å². The molecule has 0 aliphatic rings. The zero-order chi connectivity index (χ0) is 54.0. The van der Waals surface area contributed by atoms with Crippen LogP contribution in [0.1, 0.15) is 45.2 Å². The number of carbonyl (C=O) groups excluding carboxylic acids is 2. The van der Waals surface area contributed by atoms with Crippen LogP contribution < -0.4 is 40.6 Å². The molecule has 25 heteroatoms. The summed E-state index contributed by atoms with van der Waals surface area (Å²) in [4.78, 5) is 34.5. The van der Waals surface area contributed by atoms with E-state index in [1.807, 2.05) is 24.3 Å². The number of amides is 2. The van der Waals surface area contributed by atoms with Gasteiger partial charge in [-0.15, -0.1) is 0 Å². The van der Waals surface area contributed by atoms with E-state index in [1.165, 1.54) is 81.0 Å². The highest BCUT2D eigenvalue weighted by atomic mass is 19.3. The van der Waals surface area contributed by atoms with Crippen LogP contribution in [0, 0.1) is 5.82 Å². The van der Waals surface area contributed by atoms with Crippen molar-refractivity contribution in [1.82, 2.24) is 54.5 Å². The van der Waals surface area contributed by atoms with Gasteiger partial charge in [-0.1, -0.05) is 31.2 Å². The molecule has 10 rings (SSSR count). The minimum absolute atomic E-state index is 0.0329. The number of fused-ring (bicyclic) bond motifs is 2. The number of ether oxygens (including phenoxy) is 4. The lowest BCUT2D eigenvalue weighted by atomic mass is 10.1. The lowest BCUT2D eigenvalue weighted by Gasteiger charge is -2.14. The topological polar surface area (TPSA) is 240 Å². The van der Waals surface area contributed by atoms with Crippen molar-refractivity contribution in [2.24, 2.45) is 12.8 Å². The quantitative estimate of drug-likeness (QED) is 0.0374. The molecule has 10 aromatic rings. The number of halogens is 5. The highest BCUT2D eigenvalue weighted by molar-refractivity contribution is 6.10. The van der Waals surface area contributed by atoms with E-state index in [2.05, 4.69) is 63.1 Å². The monoisotopic (exact) mass is 1060 g/mol. The van der Waals surface area contributed by atoms with Crippen LogP contribution in [0.5, 0.6) is 34.5 Å². The summed E-state index contributed by atoms with van der Waals surface area (Å²) in [7, 11) is 1.65. The second-order valence-electron chi connectivity index (χ2n) is 16.6. The van der Waals surface area contributed by atoms with E-state index in [0.717, 1.165) is 18.5 Å². The summed E-state index contributed by atoms with van der Waals surface area (Å²) in [6, 6.07) is 23.9. The van der Waals surface area contributed by atoms with Crippen LogP contribution in [-0.2, 0) is 20.1 Å². The van der Waals surface area contributed by atoms with E-state index < -0.39 is 30.9 Å². The summed E-state index contributed by atoms with van der Waals surface area (Å²) in [5.74, 6) is -1.05. The SMILES string of the molecule is CCCNCc1cccc(Oc2ccc(OC(F)F)c(-c3nn(C)cc3NC(=O)c3cnn4cccnc34)c2)c1.NCc1cccc(Oc2ccc(OC(F)F)c(-c3[nH]ncc3NC(=O)c3cnn4cccnc34)c2)c1F. The Kier molecular flexibility index (Phi) is 16.0. The molecular formula is C52H45F5N14O6. The fourth-order valence-corrected chi connectivity index (χ4v) is 7.83. The molecule has 4 aromatic carbocycles. The number of aromatic nitrogens is 10. The average Bonchev–Trinajstić information content (AvgIpc) is 4.25. The van der Waals surface area contributed by atoms with Crippen molar-refractivity contribution in [3.8, 4) is 57.0 Å². The summed E-state index contributed by atoms with van der Waals surface area (Å²) in [6.45, 7) is -2.54. The van der Waals surface area contributed by atoms with Gasteiger partial charge < -0.3 is 40.6 Å². The van der Waals surface area contributed by atoms with Crippen LogP contribution in [0.15, 0.2) is 141 Å². The van der Waals surface area contributed by atoms with Gasteiger partial charge in [0.05, 0.1) is 41.2 Å². The van der Waals surface area contributed by atoms with E-state index >= 15 is 0 Å². The van der Waals surface area contributed by atoms with Crippen LogP contribution in [0.4, 0.5) is 33.3 Å². The smallest absolute Gasteiger partial charge is 0.387 e. The standard InChI is InChI=1S/C28H27F2N7O3.C24H18F3N7O3/c1-3-10-31-15-18-6-4-7-19(13-18)39-20-8-9-24(40-28(29)30)21(14-20)25-23(17-36(2)35-25)34-27(38)22-16-33-37-12-5-11-32-26(22)37;25-20-13(10-28)3-1-4-19(20)36-14-5-6-18(37-24(26)27)15(9-14)21-17(12-30-33-21)32-23(35)16-11-31-34-8-2-7-29-22(16)34/h4-9,11-14,16-17,28,31H,3,10,15H2,1-2H3,(H,34,38);1-9,11-12,24H,10,28H2,(H,30,33)(H,32,35). The second-order valence-corrected chi connectivity index (χ2v) is 16.6. The molecule has 6 N–H and O–H groups in total.